The second-order valence-electron chi connectivity index (χ2n) is 4.88. The van der Waals surface area contributed by atoms with Crippen molar-refractivity contribution in [2.24, 2.45) is 5.14 Å². The maximum atomic E-state index is 12.4. The Balaban J connectivity index is 2.27. The minimum Gasteiger partial charge on any atom is -0.225 e. The third-order valence-corrected chi connectivity index (χ3v) is 6.00. The molecule has 0 aliphatic carbocycles. The molecule has 23 heavy (non-hydrogen) atoms. The SMILES string of the molecule is CC(NS(=O)(=O)c1ccc(S(N)(=O)=O)cc1)c1ccccc1Cl. The van der Waals surface area contributed by atoms with Gasteiger partial charge in [0.1, 0.15) is 0 Å². The van der Waals surface area contributed by atoms with Crippen LogP contribution in [0, 0.1) is 0 Å². The van der Waals surface area contributed by atoms with Gasteiger partial charge in [0, 0.05) is 11.1 Å². The molecule has 0 fully saturated rings. The molecule has 0 bridgehead atoms. The zero-order valence-electron chi connectivity index (χ0n) is 12.1. The van der Waals surface area contributed by atoms with Crippen LogP contribution in [0.4, 0.5) is 0 Å². The van der Waals surface area contributed by atoms with E-state index in [-0.39, 0.29) is 9.79 Å². The molecule has 0 aliphatic heterocycles. The van der Waals surface area contributed by atoms with Gasteiger partial charge in [-0.25, -0.2) is 26.7 Å². The third kappa shape index (κ3) is 4.30. The first-order chi connectivity index (χ1) is 10.6. The van der Waals surface area contributed by atoms with Crippen LogP contribution in [0.2, 0.25) is 5.02 Å². The molecule has 0 radical (unpaired) electrons. The zero-order valence-corrected chi connectivity index (χ0v) is 14.5. The minimum absolute atomic E-state index is 0.0659. The Morgan fingerprint density at radius 2 is 1.48 bits per heavy atom. The van der Waals surface area contributed by atoms with Crippen molar-refractivity contribution in [3.8, 4) is 0 Å². The number of hydrogen-bond donors (Lipinski definition) is 2. The van der Waals surface area contributed by atoms with E-state index >= 15 is 0 Å². The molecule has 0 saturated heterocycles. The van der Waals surface area contributed by atoms with Gasteiger partial charge in [0.2, 0.25) is 20.0 Å². The number of rotatable bonds is 5. The number of primary sulfonamides is 1. The molecule has 0 spiro atoms. The summed E-state index contributed by atoms with van der Waals surface area (Å²) in [5, 5.41) is 5.43. The van der Waals surface area contributed by atoms with E-state index in [1.54, 1.807) is 31.2 Å². The largest absolute Gasteiger partial charge is 0.241 e. The number of hydrogen-bond acceptors (Lipinski definition) is 4. The first kappa shape index (κ1) is 17.9. The zero-order chi connectivity index (χ0) is 17.3. The molecule has 0 saturated carbocycles. The Hall–Kier alpha value is -1.45. The number of benzene rings is 2. The number of nitrogens with two attached hydrogens (primary N) is 1. The highest BCUT2D eigenvalue weighted by Gasteiger charge is 2.20. The molecule has 2 aromatic rings. The Bertz CT molecular complexity index is 910. The van der Waals surface area contributed by atoms with Crippen LogP contribution in [0.3, 0.4) is 0 Å². The number of sulfonamides is 2. The van der Waals surface area contributed by atoms with Crippen LogP contribution in [-0.2, 0) is 20.0 Å². The molecule has 2 aromatic carbocycles. The van der Waals surface area contributed by atoms with Crippen LogP contribution in [-0.4, -0.2) is 16.8 Å². The highest BCUT2D eigenvalue weighted by atomic mass is 35.5. The summed E-state index contributed by atoms with van der Waals surface area (Å²) in [5.74, 6) is 0. The maximum Gasteiger partial charge on any atom is 0.241 e. The Kier molecular flexibility index (Phi) is 5.12. The van der Waals surface area contributed by atoms with Gasteiger partial charge in [-0.2, -0.15) is 0 Å². The molecule has 124 valence electrons. The van der Waals surface area contributed by atoms with Crippen LogP contribution in [0.25, 0.3) is 0 Å². The normalized spacial score (nSPS) is 13.7. The van der Waals surface area contributed by atoms with Crippen molar-refractivity contribution in [1.29, 1.82) is 0 Å². The van der Waals surface area contributed by atoms with Crippen molar-refractivity contribution in [2.75, 3.05) is 0 Å². The third-order valence-electron chi connectivity index (χ3n) is 3.17. The van der Waals surface area contributed by atoms with Gasteiger partial charge in [0.25, 0.3) is 0 Å². The maximum absolute atomic E-state index is 12.4. The smallest absolute Gasteiger partial charge is 0.225 e. The van der Waals surface area contributed by atoms with Gasteiger partial charge in [0.05, 0.1) is 9.79 Å². The van der Waals surface area contributed by atoms with Crippen molar-refractivity contribution in [1.82, 2.24) is 4.72 Å². The van der Waals surface area contributed by atoms with Crippen LogP contribution in [0.5, 0.6) is 0 Å². The molecule has 6 nitrogen and oxygen atoms in total. The summed E-state index contributed by atoms with van der Waals surface area (Å²) in [6, 6.07) is 11.0. The van der Waals surface area contributed by atoms with Crippen molar-refractivity contribution < 1.29 is 16.8 Å². The molecule has 1 unspecified atom stereocenters. The summed E-state index contributed by atoms with van der Waals surface area (Å²) in [6.07, 6.45) is 0. The quantitative estimate of drug-likeness (QED) is 0.834. The van der Waals surface area contributed by atoms with Crippen LogP contribution in [0.15, 0.2) is 58.3 Å². The first-order valence-electron chi connectivity index (χ1n) is 6.51. The van der Waals surface area contributed by atoms with E-state index in [1.807, 2.05) is 0 Å². The molecule has 2 rings (SSSR count). The first-order valence-corrected chi connectivity index (χ1v) is 9.91. The molecule has 0 aromatic heterocycles. The molecule has 3 N–H and O–H groups in total. The monoisotopic (exact) mass is 374 g/mol. The highest BCUT2D eigenvalue weighted by molar-refractivity contribution is 7.89. The van der Waals surface area contributed by atoms with E-state index in [0.29, 0.717) is 10.6 Å². The fraction of sp³-hybridized carbons (Fsp3) is 0.143. The van der Waals surface area contributed by atoms with Gasteiger partial charge >= 0.3 is 0 Å². The van der Waals surface area contributed by atoms with Gasteiger partial charge in [-0.15, -0.1) is 0 Å². The average molecular weight is 375 g/mol. The lowest BCUT2D eigenvalue weighted by Crippen LogP contribution is -2.27. The Labute approximate surface area is 140 Å². The Morgan fingerprint density at radius 1 is 0.957 bits per heavy atom. The lowest BCUT2D eigenvalue weighted by molar-refractivity contribution is 0.566. The molecule has 9 heteroatoms. The lowest BCUT2D eigenvalue weighted by Gasteiger charge is -2.16. The lowest BCUT2D eigenvalue weighted by atomic mass is 10.1. The minimum atomic E-state index is -3.87. The molecule has 1 atom stereocenters. The summed E-state index contributed by atoms with van der Waals surface area (Å²) >= 11 is 6.05. The molecule has 0 amide bonds. The number of halogens is 1. The average Bonchev–Trinajstić information content (AvgIpc) is 2.46. The van der Waals surface area contributed by atoms with Crippen molar-refractivity contribution in [3.63, 3.8) is 0 Å². The van der Waals surface area contributed by atoms with E-state index in [2.05, 4.69) is 4.72 Å². The summed E-state index contributed by atoms with van der Waals surface area (Å²) in [6.45, 7) is 1.66. The van der Waals surface area contributed by atoms with E-state index in [9.17, 15) is 16.8 Å². The second kappa shape index (κ2) is 6.58. The predicted molar refractivity (Wildman–Crippen MR) is 88.0 cm³/mol. The molecular weight excluding hydrogens is 360 g/mol. The fourth-order valence-electron chi connectivity index (χ4n) is 2.00. The molecular formula is C14H15ClN2O4S2. The second-order valence-corrected chi connectivity index (χ2v) is 8.56. The van der Waals surface area contributed by atoms with E-state index < -0.39 is 26.1 Å². The molecule has 0 aliphatic rings. The summed E-state index contributed by atoms with van der Waals surface area (Å²) in [4.78, 5) is -0.223. The highest BCUT2D eigenvalue weighted by Crippen LogP contribution is 2.24. The van der Waals surface area contributed by atoms with Gasteiger partial charge in [-0.05, 0) is 42.8 Å². The van der Waals surface area contributed by atoms with Gasteiger partial charge in [0.15, 0.2) is 0 Å². The van der Waals surface area contributed by atoms with E-state index in [0.717, 1.165) is 12.1 Å². The predicted octanol–water partition coefficient (Wildman–Crippen LogP) is 2.03. The van der Waals surface area contributed by atoms with E-state index in [4.69, 9.17) is 16.7 Å². The summed E-state index contributed by atoms with van der Waals surface area (Å²) in [7, 11) is -7.70. The van der Waals surface area contributed by atoms with Crippen LogP contribution < -0.4 is 9.86 Å². The van der Waals surface area contributed by atoms with Gasteiger partial charge < -0.3 is 0 Å². The molecule has 0 heterocycles. The van der Waals surface area contributed by atoms with Crippen LogP contribution in [0.1, 0.15) is 18.5 Å². The van der Waals surface area contributed by atoms with Gasteiger partial charge in [-0.3, -0.25) is 0 Å². The summed E-state index contributed by atoms with van der Waals surface area (Å²) < 4.78 is 49.6. The fourth-order valence-corrected chi connectivity index (χ4v) is 4.04. The van der Waals surface area contributed by atoms with Crippen molar-refractivity contribution in [3.05, 3.63) is 59.1 Å². The van der Waals surface area contributed by atoms with E-state index in [1.165, 1.54) is 12.1 Å². The van der Waals surface area contributed by atoms with Crippen molar-refractivity contribution in [2.45, 2.75) is 22.8 Å². The standard InChI is InChI=1S/C14H15ClN2O4S2/c1-10(13-4-2-3-5-14(13)15)17-23(20,21)12-8-6-11(7-9-12)22(16,18)19/h2-10,17H,1H3,(H2,16,18,19). The Morgan fingerprint density at radius 3 is 2.00 bits per heavy atom. The van der Waals surface area contributed by atoms with Crippen LogP contribution >= 0.6 is 11.6 Å². The van der Waals surface area contributed by atoms with Crippen molar-refractivity contribution >= 4 is 31.6 Å². The number of nitrogens with one attached hydrogen (secondary N) is 1. The van der Waals surface area contributed by atoms with Gasteiger partial charge in [-0.1, -0.05) is 29.8 Å². The topological polar surface area (TPSA) is 106 Å². The summed E-state index contributed by atoms with van der Waals surface area (Å²) in [5.41, 5.74) is 0.638.